The molecule has 1 aliphatic heterocycles. The summed E-state index contributed by atoms with van der Waals surface area (Å²) < 4.78 is 6.09. The highest BCUT2D eigenvalue weighted by atomic mass is 32.1. The van der Waals surface area contributed by atoms with Crippen molar-refractivity contribution in [2.45, 2.75) is 130 Å². The predicted molar refractivity (Wildman–Crippen MR) is 160 cm³/mol. The van der Waals surface area contributed by atoms with Crippen LogP contribution in [-0.2, 0) is 11.2 Å². The second-order valence-corrected chi connectivity index (χ2v) is 11.2. The number of benzene rings is 1. The molecule has 1 heterocycles. The maximum absolute atomic E-state index is 12.4. The van der Waals surface area contributed by atoms with E-state index in [0.29, 0.717) is 23.4 Å². The third-order valence-corrected chi connectivity index (χ3v) is 7.53. The van der Waals surface area contributed by atoms with E-state index in [1.807, 2.05) is 26.0 Å². The minimum Gasteiger partial charge on any atom is -0.491 e. The molecule has 1 atom stereocenters. The van der Waals surface area contributed by atoms with Gasteiger partial charge in [0.25, 0.3) is 0 Å². The SMILES string of the molecule is CCCCCCCCCCCCCCCc1cccc(OC(C)C)c1C1C(C(=O)O)=C(C)NC(=S)N1C(=O)O. The Morgan fingerprint density at radius 3 is 1.97 bits per heavy atom. The van der Waals surface area contributed by atoms with Crippen LogP contribution in [0, 0.1) is 0 Å². The van der Waals surface area contributed by atoms with Crippen LogP contribution in [0.25, 0.3) is 0 Å². The minimum atomic E-state index is -1.31. The number of carbonyl (C=O) groups is 2. The number of amides is 1. The van der Waals surface area contributed by atoms with E-state index in [9.17, 15) is 19.8 Å². The zero-order valence-electron chi connectivity index (χ0n) is 24.3. The lowest BCUT2D eigenvalue weighted by atomic mass is 9.88. The number of nitrogens with zero attached hydrogens (tertiary/aromatic N) is 1. The first-order valence-electron chi connectivity index (χ1n) is 14.7. The molecule has 1 aliphatic rings. The standard InChI is InChI=1S/C31H48N2O5S/c1-5-6-7-8-9-10-11-12-13-14-15-16-17-19-24-20-18-21-25(38-22(2)3)27(24)28-26(29(34)35)23(4)32-30(39)33(28)31(36)37/h18,20-22,28H,5-17,19H2,1-4H3,(H,32,39)(H,34,35)(H,36,37). The van der Waals surface area contributed by atoms with Crippen LogP contribution in [0.5, 0.6) is 5.75 Å². The Balaban J connectivity index is 2.08. The molecule has 0 saturated carbocycles. The molecule has 1 unspecified atom stereocenters. The largest absolute Gasteiger partial charge is 0.491 e. The molecule has 0 saturated heterocycles. The first kappa shape index (κ1) is 32.6. The lowest BCUT2D eigenvalue weighted by molar-refractivity contribution is -0.133. The van der Waals surface area contributed by atoms with Crippen LogP contribution in [0.2, 0.25) is 0 Å². The minimum absolute atomic E-state index is 0.0405. The van der Waals surface area contributed by atoms with Crippen molar-refractivity contribution < 1.29 is 24.5 Å². The fourth-order valence-electron chi connectivity index (χ4n) is 5.30. The van der Waals surface area contributed by atoms with Crippen LogP contribution >= 0.6 is 12.2 Å². The number of hydrogen-bond acceptors (Lipinski definition) is 4. The average Bonchev–Trinajstić information content (AvgIpc) is 2.85. The van der Waals surface area contributed by atoms with E-state index < -0.39 is 18.1 Å². The quantitative estimate of drug-likeness (QED) is 0.122. The zero-order chi connectivity index (χ0) is 28.8. The molecule has 0 radical (unpaired) electrons. The van der Waals surface area contributed by atoms with Crippen LogP contribution in [0.1, 0.15) is 128 Å². The van der Waals surface area contributed by atoms with Crippen LogP contribution < -0.4 is 10.1 Å². The molecule has 0 bridgehead atoms. The normalized spacial score (nSPS) is 15.6. The van der Waals surface area contributed by atoms with Crippen molar-refractivity contribution in [2.24, 2.45) is 0 Å². The molecule has 0 aromatic heterocycles. The third kappa shape index (κ3) is 10.1. The van der Waals surface area contributed by atoms with Crippen molar-refractivity contribution in [1.82, 2.24) is 10.2 Å². The van der Waals surface area contributed by atoms with Gasteiger partial charge in [-0.05, 0) is 57.5 Å². The smallest absolute Gasteiger partial charge is 0.414 e. The second kappa shape index (κ2) is 17.2. The maximum atomic E-state index is 12.4. The zero-order valence-corrected chi connectivity index (χ0v) is 25.1. The summed E-state index contributed by atoms with van der Waals surface area (Å²) in [5.41, 5.74) is 1.75. The Bertz CT molecular complexity index is 991. The van der Waals surface area contributed by atoms with Gasteiger partial charge in [0.2, 0.25) is 0 Å². The van der Waals surface area contributed by atoms with Gasteiger partial charge in [-0.15, -0.1) is 0 Å². The Labute approximate surface area is 240 Å². The lowest BCUT2D eigenvalue weighted by Gasteiger charge is -2.37. The van der Waals surface area contributed by atoms with E-state index in [-0.39, 0.29) is 16.8 Å². The first-order chi connectivity index (χ1) is 18.7. The summed E-state index contributed by atoms with van der Waals surface area (Å²) in [5.74, 6) is -0.699. The van der Waals surface area contributed by atoms with E-state index in [4.69, 9.17) is 17.0 Å². The van der Waals surface area contributed by atoms with Gasteiger partial charge in [-0.1, -0.05) is 96.1 Å². The summed E-state index contributed by atoms with van der Waals surface area (Å²) >= 11 is 5.33. The van der Waals surface area contributed by atoms with Gasteiger partial charge in [0.05, 0.1) is 11.7 Å². The molecule has 0 fully saturated rings. The number of unbranched alkanes of at least 4 members (excludes halogenated alkanes) is 12. The maximum Gasteiger partial charge on any atom is 0.414 e. The molecule has 218 valence electrons. The Kier molecular flexibility index (Phi) is 14.3. The van der Waals surface area contributed by atoms with Gasteiger partial charge in [0.15, 0.2) is 5.11 Å². The summed E-state index contributed by atoms with van der Waals surface area (Å²) in [6.45, 7) is 7.65. The van der Waals surface area contributed by atoms with Gasteiger partial charge in [-0.2, -0.15) is 0 Å². The molecular weight excluding hydrogens is 512 g/mol. The molecule has 0 spiro atoms. The molecule has 1 aromatic carbocycles. The molecule has 0 aliphatic carbocycles. The molecular formula is C31H48N2O5S. The molecule has 7 nitrogen and oxygen atoms in total. The number of carboxylic acids is 1. The number of aryl methyl sites for hydroxylation is 1. The predicted octanol–water partition coefficient (Wildman–Crippen LogP) is 8.38. The Morgan fingerprint density at radius 2 is 1.49 bits per heavy atom. The fourth-order valence-corrected chi connectivity index (χ4v) is 5.63. The highest BCUT2D eigenvalue weighted by Gasteiger charge is 2.42. The second-order valence-electron chi connectivity index (χ2n) is 10.8. The van der Waals surface area contributed by atoms with E-state index in [0.717, 1.165) is 29.7 Å². The molecule has 8 heteroatoms. The van der Waals surface area contributed by atoms with Gasteiger partial charge in [-0.25, -0.2) is 14.5 Å². The van der Waals surface area contributed by atoms with Crippen LogP contribution in [0.15, 0.2) is 29.5 Å². The summed E-state index contributed by atoms with van der Waals surface area (Å²) in [6.07, 6.45) is 15.6. The Morgan fingerprint density at radius 1 is 0.949 bits per heavy atom. The van der Waals surface area contributed by atoms with Gasteiger partial charge in [0.1, 0.15) is 11.8 Å². The summed E-state index contributed by atoms with van der Waals surface area (Å²) in [7, 11) is 0. The number of thiocarbonyl (C=S) groups is 1. The first-order valence-corrected chi connectivity index (χ1v) is 15.1. The van der Waals surface area contributed by atoms with E-state index in [1.54, 1.807) is 13.0 Å². The van der Waals surface area contributed by atoms with Gasteiger partial charge in [-0.3, -0.25) is 0 Å². The van der Waals surface area contributed by atoms with E-state index in [2.05, 4.69) is 12.2 Å². The fraction of sp³-hybridized carbons (Fsp3) is 0.645. The number of allylic oxidation sites excluding steroid dienone is 1. The summed E-state index contributed by atoms with van der Waals surface area (Å²) in [4.78, 5) is 25.6. The third-order valence-electron chi connectivity index (χ3n) is 7.23. The molecule has 3 N–H and O–H groups in total. The van der Waals surface area contributed by atoms with Crippen molar-refractivity contribution in [3.8, 4) is 5.75 Å². The van der Waals surface area contributed by atoms with Crippen molar-refractivity contribution in [1.29, 1.82) is 0 Å². The number of ether oxygens (including phenoxy) is 1. The number of nitrogens with one attached hydrogen (secondary N) is 1. The highest BCUT2D eigenvalue weighted by Crippen LogP contribution is 2.41. The lowest BCUT2D eigenvalue weighted by Crippen LogP contribution is -2.50. The van der Waals surface area contributed by atoms with Gasteiger partial charge in [0, 0.05) is 11.3 Å². The van der Waals surface area contributed by atoms with Crippen molar-refractivity contribution in [3.05, 3.63) is 40.6 Å². The summed E-state index contributed by atoms with van der Waals surface area (Å²) in [5, 5.41) is 22.8. The summed E-state index contributed by atoms with van der Waals surface area (Å²) in [6, 6.07) is 4.52. The van der Waals surface area contributed by atoms with Gasteiger partial charge >= 0.3 is 12.1 Å². The van der Waals surface area contributed by atoms with Crippen molar-refractivity contribution in [3.63, 3.8) is 0 Å². The molecule has 1 amide bonds. The number of carboxylic acid groups (broad SMARTS) is 2. The molecule has 39 heavy (non-hydrogen) atoms. The average molecular weight is 561 g/mol. The Hall–Kier alpha value is -2.61. The van der Waals surface area contributed by atoms with Crippen LogP contribution in [-0.4, -0.2) is 38.4 Å². The number of rotatable bonds is 18. The molecule has 1 aromatic rings. The van der Waals surface area contributed by atoms with Crippen LogP contribution in [0.4, 0.5) is 4.79 Å². The topological polar surface area (TPSA) is 99.1 Å². The number of aliphatic carboxylic acids is 1. The monoisotopic (exact) mass is 560 g/mol. The highest BCUT2D eigenvalue weighted by molar-refractivity contribution is 7.80. The van der Waals surface area contributed by atoms with Crippen molar-refractivity contribution >= 4 is 29.4 Å². The van der Waals surface area contributed by atoms with Gasteiger partial charge < -0.3 is 20.3 Å². The van der Waals surface area contributed by atoms with E-state index in [1.165, 1.54) is 64.2 Å². The number of hydrogen-bond donors (Lipinski definition) is 3. The van der Waals surface area contributed by atoms with E-state index >= 15 is 0 Å². The molecule has 2 rings (SSSR count). The van der Waals surface area contributed by atoms with Crippen molar-refractivity contribution in [2.75, 3.05) is 0 Å². The van der Waals surface area contributed by atoms with Crippen LogP contribution in [0.3, 0.4) is 0 Å².